The molecule has 3 heteroatoms. The summed E-state index contributed by atoms with van der Waals surface area (Å²) in [6.45, 7) is 0.671. The lowest BCUT2D eigenvalue weighted by molar-refractivity contribution is -0.152. The number of hydrogen-bond acceptors (Lipinski definition) is 3. The highest BCUT2D eigenvalue weighted by Gasteiger charge is 2.51. The largest absolute Gasteiger partial charge is 0.464 e. The molecule has 0 unspecified atom stereocenters. The molecule has 2 nitrogen and oxygen atoms in total. The van der Waals surface area contributed by atoms with E-state index in [0.717, 1.165) is 22.6 Å². The lowest BCUT2D eigenvalue weighted by Crippen LogP contribution is -2.48. The van der Waals surface area contributed by atoms with Crippen molar-refractivity contribution in [2.24, 2.45) is 23.2 Å². The van der Waals surface area contributed by atoms with E-state index in [1.165, 1.54) is 38.5 Å². The molecule has 22 heavy (non-hydrogen) atoms. The maximum absolute atomic E-state index is 12.1. The minimum atomic E-state index is -0.0513. The van der Waals surface area contributed by atoms with Gasteiger partial charge >= 0.3 is 5.97 Å². The van der Waals surface area contributed by atoms with E-state index < -0.39 is 0 Å². The average Bonchev–Trinajstić information content (AvgIpc) is 2.51. The van der Waals surface area contributed by atoms with Crippen molar-refractivity contribution < 1.29 is 9.53 Å². The summed E-state index contributed by atoms with van der Waals surface area (Å²) in [5, 5.41) is 0. The van der Waals surface area contributed by atoms with E-state index in [-0.39, 0.29) is 5.97 Å². The lowest BCUT2D eigenvalue weighted by Gasteiger charge is -2.56. The van der Waals surface area contributed by atoms with Gasteiger partial charge in [0, 0.05) is 10.3 Å². The second kappa shape index (κ2) is 5.92. The first-order valence-electron chi connectivity index (χ1n) is 8.54. The van der Waals surface area contributed by atoms with E-state index in [9.17, 15) is 4.79 Å². The third-order valence-electron chi connectivity index (χ3n) is 5.80. The van der Waals surface area contributed by atoms with Crippen molar-refractivity contribution in [3.8, 4) is 0 Å². The second-order valence-corrected chi connectivity index (χ2v) is 8.73. The van der Waals surface area contributed by atoms with Crippen molar-refractivity contribution >= 4 is 17.7 Å². The Bertz CT molecular complexity index is 504. The summed E-state index contributed by atoms with van der Waals surface area (Å²) in [6, 6.07) is 10.1. The third-order valence-corrected chi connectivity index (χ3v) is 6.79. The standard InChI is InChI=1S/C19H24O2S/c20-18(12-22-17-4-2-1-3-5-17)21-13-19-9-14-6-15(10-19)8-16(7-14)11-19/h1-5,14-16H,6-13H2. The molecular weight excluding hydrogens is 292 g/mol. The Morgan fingerprint density at radius 2 is 1.64 bits per heavy atom. The zero-order valence-electron chi connectivity index (χ0n) is 13.0. The van der Waals surface area contributed by atoms with Crippen LogP contribution in [-0.2, 0) is 9.53 Å². The molecule has 0 N–H and O–H groups in total. The van der Waals surface area contributed by atoms with Crippen molar-refractivity contribution in [2.75, 3.05) is 12.4 Å². The molecule has 4 bridgehead atoms. The maximum atomic E-state index is 12.1. The highest BCUT2D eigenvalue weighted by atomic mass is 32.2. The smallest absolute Gasteiger partial charge is 0.316 e. The van der Waals surface area contributed by atoms with E-state index in [1.807, 2.05) is 30.3 Å². The second-order valence-electron chi connectivity index (χ2n) is 7.68. The molecule has 5 rings (SSSR count). The van der Waals surface area contributed by atoms with Crippen molar-refractivity contribution in [3.05, 3.63) is 30.3 Å². The van der Waals surface area contributed by atoms with Crippen LogP contribution in [-0.4, -0.2) is 18.3 Å². The van der Waals surface area contributed by atoms with Crippen molar-refractivity contribution in [1.29, 1.82) is 0 Å². The van der Waals surface area contributed by atoms with Gasteiger partial charge in [-0.1, -0.05) is 18.2 Å². The van der Waals surface area contributed by atoms with Gasteiger partial charge in [0.2, 0.25) is 0 Å². The summed E-state index contributed by atoms with van der Waals surface area (Å²) in [4.78, 5) is 13.2. The highest BCUT2D eigenvalue weighted by Crippen LogP contribution is 2.60. The zero-order chi connectivity index (χ0) is 15.0. The number of esters is 1. The SMILES string of the molecule is O=C(CSc1ccccc1)OCC12CC3CC(CC(C3)C1)C2. The van der Waals surface area contributed by atoms with Crippen LogP contribution in [0.15, 0.2) is 35.2 Å². The van der Waals surface area contributed by atoms with Crippen molar-refractivity contribution in [2.45, 2.75) is 43.4 Å². The van der Waals surface area contributed by atoms with Crippen molar-refractivity contribution in [3.63, 3.8) is 0 Å². The van der Waals surface area contributed by atoms with Crippen LogP contribution >= 0.6 is 11.8 Å². The summed E-state index contributed by atoms with van der Waals surface area (Å²) < 4.78 is 5.69. The number of hydrogen-bond donors (Lipinski definition) is 0. The molecule has 4 fully saturated rings. The molecule has 0 aliphatic heterocycles. The Balaban J connectivity index is 1.28. The first-order valence-corrected chi connectivity index (χ1v) is 9.53. The normalized spacial score (nSPS) is 35.5. The summed E-state index contributed by atoms with van der Waals surface area (Å²) in [5.74, 6) is 3.14. The first kappa shape index (κ1) is 14.6. The van der Waals surface area contributed by atoms with Gasteiger partial charge in [-0.25, -0.2) is 0 Å². The van der Waals surface area contributed by atoms with Gasteiger partial charge < -0.3 is 4.74 Å². The van der Waals surface area contributed by atoms with Gasteiger partial charge in [0.15, 0.2) is 0 Å². The van der Waals surface area contributed by atoms with Gasteiger partial charge in [-0.05, 0) is 68.4 Å². The molecule has 0 aromatic heterocycles. The van der Waals surface area contributed by atoms with Gasteiger partial charge in [0.05, 0.1) is 12.4 Å². The van der Waals surface area contributed by atoms with Crippen LogP contribution in [0.5, 0.6) is 0 Å². The Morgan fingerprint density at radius 1 is 1.05 bits per heavy atom. The van der Waals surface area contributed by atoms with Gasteiger partial charge in [0.1, 0.15) is 0 Å². The average molecular weight is 316 g/mol. The predicted octanol–water partition coefficient (Wildman–Crippen LogP) is 4.54. The van der Waals surface area contributed by atoms with Gasteiger partial charge in [-0.2, -0.15) is 0 Å². The van der Waals surface area contributed by atoms with Crippen molar-refractivity contribution in [1.82, 2.24) is 0 Å². The molecule has 4 saturated carbocycles. The predicted molar refractivity (Wildman–Crippen MR) is 88.7 cm³/mol. The molecule has 118 valence electrons. The molecule has 0 heterocycles. The highest BCUT2D eigenvalue weighted by molar-refractivity contribution is 8.00. The van der Waals surface area contributed by atoms with E-state index in [2.05, 4.69) is 0 Å². The summed E-state index contributed by atoms with van der Waals surface area (Å²) in [5.41, 5.74) is 0.335. The van der Waals surface area contributed by atoms with Gasteiger partial charge in [0.25, 0.3) is 0 Å². The number of carbonyl (C=O) groups is 1. The summed E-state index contributed by atoms with van der Waals surface area (Å²) in [7, 11) is 0. The Kier molecular flexibility index (Phi) is 3.93. The van der Waals surface area contributed by atoms with E-state index in [1.54, 1.807) is 11.8 Å². The summed E-state index contributed by atoms with van der Waals surface area (Å²) in [6.07, 6.45) is 8.24. The number of ether oxygens (including phenoxy) is 1. The molecule has 4 aliphatic rings. The van der Waals surface area contributed by atoms with Crippen LogP contribution in [0, 0.1) is 23.2 Å². The topological polar surface area (TPSA) is 26.3 Å². The summed E-state index contributed by atoms with van der Waals surface area (Å²) >= 11 is 1.57. The molecule has 1 aromatic carbocycles. The quantitative estimate of drug-likeness (QED) is 0.589. The van der Waals surface area contributed by atoms with Crippen LogP contribution in [0.25, 0.3) is 0 Å². The van der Waals surface area contributed by atoms with E-state index in [0.29, 0.717) is 17.8 Å². The van der Waals surface area contributed by atoms with Crippen LogP contribution in [0.1, 0.15) is 38.5 Å². The number of carbonyl (C=O) groups excluding carboxylic acids is 1. The zero-order valence-corrected chi connectivity index (χ0v) is 13.8. The molecule has 0 atom stereocenters. The van der Waals surface area contributed by atoms with Crippen LogP contribution < -0.4 is 0 Å². The molecule has 4 aliphatic carbocycles. The fraction of sp³-hybridized carbons (Fsp3) is 0.632. The fourth-order valence-electron chi connectivity index (χ4n) is 5.40. The molecule has 0 saturated heterocycles. The third kappa shape index (κ3) is 3.05. The Hall–Kier alpha value is -0.960. The molecule has 0 radical (unpaired) electrons. The van der Waals surface area contributed by atoms with Crippen LogP contribution in [0.3, 0.4) is 0 Å². The molecule has 0 amide bonds. The van der Waals surface area contributed by atoms with E-state index in [4.69, 9.17) is 4.74 Å². The maximum Gasteiger partial charge on any atom is 0.316 e. The Labute approximate surface area is 137 Å². The van der Waals surface area contributed by atoms with Crippen LogP contribution in [0.4, 0.5) is 0 Å². The molecular formula is C19H24O2S. The van der Waals surface area contributed by atoms with E-state index >= 15 is 0 Å². The number of thioether (sulfide) groups is 1. The monoisotopic (exact) mass is 316 g/mol. The molecule has 1 aromatic rings. The number of rotatable bonds is 5. The van der Waals surface area contributed by atoms with Gasteiger partial charge in [-0.3, -0.25) is 4.79 Å². The number of benzene rings is 1. The van der Waals surface area contributed by atoms with Gasteiger partial charge in [-0.15, -0.1) is 11.8 Å². The lowest BCUT2D eigenvalue weighted by atomic mass is 9.50. The fourth-order valence-corrected chi connectivity index (χ4v) is 6.12. The molecule has 0 spiro atoms. The minimum absolute atomic E-state index is 0.0513. The minimum Gasteiger partial charge on any atom is -0.464 e. The Morgan fingerprint density at radius 3 is 2.23 bits per heavy atom. The van der Waals surface area contributed by atoms with Crippen LogP contribution in [0.2, 0.25) is 0 Å². The first-order chi connectivity index (χ1) is 10.7.